The second-order valence-electron chi connectivity index (χ2n) is 8.68. The zero-order valence-electron chi connectivity index (χ0n) is 18.2. The van der Waals surface area contributed by atoms with Gasteiger partial charge in [0, 0.05) is 57.8 Å². The lowest BCUT2D eigenvalue weighted by Crippen LogP contribution is -2.52. The number of rotatable bonds is 6. The topological polar surface area (TPSA) is 49.3 Å². The minimum absolute atomic E-state index is 0.149. The van der Waals surface area contributed by atoms with E-state index in [0.717, 1.165) is 63.4 Å². The highest BCUT2D eigenvalue weighted by molar-refractivity contribution is 6.30. The number of nitrogens with zero attached hydrogens (tertiary/aromatic N) is 3. The van der Waals surface area contributed by atoms with E-state index in [2.05, 4.69) is 53.1 Å². The zero-order valence-corrected chi connectivity index (χ0v) is 18.9. The van der Waals surface area contributed by atoms with Crippen LogP contribution in [-0.4, -0.2) is 81.5 Å². The van der Waals surface area contributed by atoms with Gasteiger partial charge in [-0.1, -0.05) is 23.7 Å². The van der Waals surface area contributed by atoms with Crippen molar-refractivity contribution in [1.82, 2.24) is 15.1 Å². The normalized spacial score (nSPS) is 23.8. The Morgan fingerprint density at radius 1 is 1.34 bits per heavy atom. The van der Waals surface area contributed by atoms with Crippen LogP contribution in [0.3, 0.4) is 0 Å². The Hall–Kier alpha value is -1.34. The summed E-state index contributed by atoms with van der Waals surface area (Å²) >= 11 is 6.13. The molecular formula is C22H35ClN4O2. The molecule has 162 valence electrons. The van der Waals surface area contributed by atoms with Gasteiger partial charge in [-0.3, -0.25) is 9.89 Å². The average molecular weight is 423 g/mol. The molecule has 6 nitrogen and oxygen atoms in total. The van der Waals surface area contributed by atoms with Gasteiger partial charge in [0.05, 0.1) is 24.9 Å². The number of aliphatic imine (C=N–C) groups is 1. The van der Waals surface area contributed by atoms with E-state index in [-0.39, 0.29) is 11.6 Å². The zero-order chi connectivity index (χ0) is 20.9. The second kappa shape index (κ2) is 10.1. The van der Waals surface area contributed by atoms with Crippen molar-refractivity contribution in [3.05, 3.63) is 34.9 Å². The molecule has 2 atom stereocenters. The fraction of sp³-hybridized carbons (Fsp3) is 0.682. The van der Waals surface area contributed by atoms with Gasteiger partial charge in [-0.05, 0) is 38.0 Å². The fourth-order valence-electron chi connectivity index (χ4n) is 4.24. The van der Waals surface area contributed by atoms with E-state index >= 15 is 0 Å². The Labute approximate surface area is 180 Å². The third kappa shape index (κ3) is 6.32. The third-order valence-electron chi connectivity index (χ3n) is 5.73. The number of hydrogen-bond donors (Lipinski definition) is 1. The lowest BCUT2D eigenvalue weighted by molar-refractivity contribution is -0.0971. The van der Waals surface area contributed by atoms with Crippen LogP contribution in [0.25, 0.3) is 0 Å². The SMILES string of the molecule is CN=C(NCC(c1ccc(Cl)cc1)N1CCOC(C)(C)C1)N(C)CC1CCOC1. The summed E-state index contributed by atoms with van der Waals surface area (Å²) in [6, 6.07) is 8.40. The molecule has 2 fully saturated rings. The first-order valence-corrected chi connectivity index (χ1v) is 10.9. The summed E-state index contributed by atoms with van der Waals surface area (Å²) in [4.78, 5) is 9.22. The molecule has 2 aliphatic heterocycles. The van der Waals surface area contributed by atoms with Crippen molar-refractivity contribution in [2.24, 2.45) is 10.9 Å². The van der Waals surface area contributed by atoms with Crippen molar-refractivity contribution in [2.75, 3.05) is 60.1 Å². The summed E-state index contributed by atoms with van der Waals surface area (Å²) in [5, 5.41) is 4.36. The van der Waals surface area contributed by atoms with Crippen molar-refractivity contribution in [2.45, 2.75) is 31.9 Å². The first kappa shape index (κ1) is 22.3. The summed E-state index contributed by atoms with van der Waals surface area (Å²) < 4.78 is 11.5. The van der Waals surface area contributed by atoms with Crippen molar-refractivity contribution in [3.8, 4) is 0 Å². The first-order valence-electron chi connectivity index (χ1n) is 10.5. The van der Waals surface area contributed by atoms with Crippen LogP contribution in [-0.2, 0) is 9.47 Å². The van der Waals surface area contributed by atoms with Crippen LogP contribution in [0.15, 0.2) is 29.3 Å². The maximum atomic E-state index is 6.13. The van der Waals surface area contributed by atoms with Crippen LogP contribution in [0.5, 0.6) is 0 Å². The van der Waals surface area contributed by atoms with E-state index in [4.69, 9.17) is 21.1 Å². The highest BCUT2D eigenvalue weighted by atomic mass is 35.5. The molecule has 0 aliphatic carbocycles. The third-order valence-corrected chi connectivity index (χ3v) is 5.99. The molecule has 0 aromatic heterocycles. The maximum Gasteiger partial charge on any atom is 0.193 e. The molecule has 7 heteroatoms. The van der Waals surface area contributed by atoms with Crippen LogP contribution >= 0.6 is 11.6 Å². The van der Waals surface area contributed by atoms with Crippen LogP contribution in [0.2, 0.25) is 5.02 Å². The minimum atomic E-state index is -0.149. The van der Waals surface area contributed by atoms with Crippen molar-refractivity contribution < 1.29 is 9.47 Å². The van der Waals surface area contributed by atoms with Crippen molar-refractivity contribution in [3.63, 3.8) is 0 Å². The van der Waals surface area contributed by atoms with Gasteiger partial charge >= 0.3 is 0 Å². The summed E-state index contributed by atoms with van der Waals surface area (Å²) in [6.07, 6.45) is 1.12. The lowest BCUT2D eigenvalue weighted by atomic mass is 10.0. The quantitative estimate of drug-likeness (QED) is 0.564. The number of morpholine rings is 1. The fourth-order valence-corrected chi connectivity index (χ4v) is 4.36. The van der Waals surface area contributed by atoms with E-state index in [0.29, 0.717) is 5.92 Å². The number of ether oxygens (including phenoxy) is 2. The molecule has 2 aliphatic rings. The van der Waals surface area contributed by atoms with Gasteiger partial charge in [0.2, 0.25) is 0 Å². The standard InChI is InChI=1S/C22H35ClN4O2/c1-22(2)16-27(10-12-29-22)20(18-5-7-19(23)8-6-18)13-25-21(24-3)26(4)14-17-9-11-28-15-17/h5-8,17,20H,9-16H2,1-4H3,(H,24,25). The maximum absolute atomic E-state index is 6.13. The number of benzene rings is 1. The summed E-state index contributed by atoms with van der Waals surface area (Å²) in [5.41, 5.74) is 1.10. The Kier molecular flexibility index (Phi) is 7.79. The molecule has 0 amide bonds. The van der Waals surface area contributed by atoms with Crippen molar-refractivity contribution >= 4 is 17.6 Å². The smallest absolute Gasteiger partial charge is 0.193 e. The Bertz CT molecular complexity index is 674. The van der Waals surface area contributed by atoms with Crippen LogP contribution in [0, 0.1) is 5.92 Å². The molecule has 3 rings (SSSR count). The molecule has 1 aromatic rings. The Morgan fingerprint density at radius 3 is 2.72 bits per heavy atom. The molecule has 0 saturated carbocycles. The second-order valence-corrected chi connectivity index (χ2v) is 9.12. The summed E-state index contributed by atoms with van der Waals surface area (Å²) in [7, 11) is 3.95. The number of halogens is 1. The summed E-state index contributed by atoms with van der Waals surface area (Å²) in [6.45, 7) is 10.3. The van der Waals surface area contributed by atoms with Gasteiger partial charge < -0.3 is 19.7 Å². The van der Waals surface area contributed by atoms with E-state index in [1.165, 1.54) is 5.56 Å². The van der Waals surface area contributed by atoms with Gasteiger partial charge in [0.1, 0.15) is 0 Å². The predicted octanol–water partition coefficient (Wildman–Crippen LogP) is 3.04. The molecule has 2 unspecified atom stereocenters. The number of hydrogen-bond acceptors (Lipinski definition) is 4. The monoisotopic (exact) mass is 422 g/mol. The van der Waals surface area contributed by atoms with Gasteiger partial charge in [0.15, 0.2) is 5.96 Å². The van der Waals surface area contributed by atoms with Gasteiger partial charge in [-0.2, -0.15) is 0 Å². The average Bonchev–Trinajstić information content (AvgIpc) is 3.18. The molecule has 0 bridgehead atoms. The summed E-state index contributed by atoms with van der Waals surface area (Å²) in [5.74, 6) is 1.49. The van der Waals surface area contributed by atoms with Crippen LogP contribution in [0.4, 0.5) is 0 Å². The van der Waals surface area contributed by atoms with Gasteiger partial charge in [-0.15, -0.1) is 0 Å². The molecule has 1 N–H and O–H groups in total. The van der Waals surface area contributed by atoms with E-state index in [9.17, 15) is 0 Å². The highest BCUT2D eigenvalue weighted by Crippen LogP contribution is 2.27. The molecule has 2 heterocycles. The van der Waals surface area contributed by atoms with Gasteiger partial charge in [-0.25, -0.2) is 0 Å². The first-order chi connectivity index (χ1) is 13.9. The van der Waals surface area contributed by atoms with E-state index in [1.807, 2.05) is 19.2 Å². The minimum Gasteiger partial charge on any atom is -0.381 e. The molecule has 1 aromatic carbocycles. The molecule has 2 saturated heterocycles. The Balaban J connectivity index is 1.69. The molecule has 29 heavy (non-hydrogen) atoms. The molecule has 0 radical (unpaired) electrons. The predicted molar refractivity (Wildman–Crippen MR) is 119 cm³/mol. The van der Waals surface area contributed by atoms with Crippen LogP contribution in [0.1, 0.15) is 31.9 Å². The Morgan fingerprint density at radius 2 is 2.10 bits per heavy atom. The lowest BCUT2D eigenvalue weighted by Gasteiger charge is -2.42. The largest absolute Gasteiger partial charge is 0.381 e. The number of nitrogens with one attached hydrogen (secondary N) is 1. The van der Waals surface area contributed by atoms with Crippen molar-refractivity contribution in [1.29, 1.82) is 0 Å². The van der Waals surface area contributed by atoms with E-state index in [1.54, 1.807) is 0 Å². The van der Waals surface area contributed by atoms with E-state index < -0.39 is 0 Å². The van der Waals surface area contributed by atoms with Crippen LogP contribution < -0.4 is 5.32 Å². The number of guanidine groups is 1. The molecular weight excluding hydrogens is 388 g/mol. The highest BCUT2D eigenvalue weighted by Gasteiger charge is 2.32. The molecule has 0 spiro atoms. The van der Waals surface area contributed by atoms with Gasteiger partial charge in [0.25, 0.3) is 0 Å².